The molecule has 1 aromatic carbocycles. The molecule has 0 saturated heterocycles. The third-order valence-electron chi connectivity index (χ3n) is 2.97. The fourth-order valence-corrected chi connectivity index (χ4v) is 3.48. The highest BCUT2D eigenvalue weighted by atomic mass is 32.2. The number of hydrogen-bond donors (Lipinski definition) is 3. The van der Waals surface area contributed by atoms with Gasteiger partial charge < -0.3 is 15.6 Å². The van der Waals surface area contributed by atoms with Gasteiger partial charge in [-0.15, -0.1) is 4.41 Å². The number of sulfonamides is 1. The first-order valence-electron chi connectivity index (χ1n) is 7.06. The smallest absolute Gasteiger partial charge is 0.324 e. The summed E-state index contributed by atoms with van der Waals surface area (Å²) in [6.45, 7) is 1.66. The molecule has 1 atom stereocenters. The molecular weight excluding hydrogens is 324 g/mol. The molecule has 0 bridgehead atoms. The molecule has 1 rings (SSSR count). The molecule has 0 fully saturated rings. The van der Waals surface area contributed by atoms with E-state index in [1.54, 1.807) is 37.3 Å². The van der Waals surface area contributed by atoms with Gasteiger partial charge in [0.05, 0.1) is 11.4 Å². The fraction of sp³-hybridized carbons (Fsp3) is 0.429. The van der Waals surface area contributed by atoms with Crippen LogP contribution in [0, 0.1) is 0 Å². The number of nitrogens with one attached hydrogen (secondary N) is 1. The van der Waals surface area contributed by atoms with Gasteiger partial charge in [0.25, 0.3) is 0 Å². The van der Waals surface area contributed by atoms with Gasteiger partial charge in [0, 0.05) is 6.42 Å². The summed E-state index contributed by atoms with van der Waals surface area (Å²) in [5.41, 5.74) is 2.98. The Labute approximate surface area is 134 Å². The highest BCUT2D eigenvalue weighted by molar-refractivity contribution is 7.89. The lowest BCUT2D eigenvalue weighted by atomic mass is 10.1. The van der Waals surface area contributed by atoms with Crippen LogP contribution in [0.5, 0.6) is 0 Å². The van der Waals surface area contributed by atoms with Crippen LogP contribution in [-0.2, 0) is 19.6 Å². The largest absolute Gasteiger partial charge is 0.481 e. The normalized spacial score (nSPS) is 12.8. The maximum Gasteiger partial charge on any atom is 0.324 e. The summed E-state index contributed by atoms with van der Waals surface area (Å²) in [6.07, 6.45) is -0.487. The van der Waals surface area contributed by atoms with Gasteiger partial charge in [-0.05, 0) is 25.0 Å². The first kappa shape index (κ1) is 18.9. The molecule has 0 aliphatic heterocycles. The summed E-state index contributed by atoms with van der Waals surface area (Å²) in [5.74, 6) is -2.85. The summed E-state index contributed by atoms with van der Waals surface area (Å²) >= 11 is 0. The minimum absolute atomic E-state index is 0.246. The Balaban J connectivity index is 3.14. The minimum atomic E-state index is -3.91. The first-order chi connectivity index (χ1) is 10.8. The lowest BCUT2D eigenvalue weighted by molar-refractivity contribution is -0.142. The van der Waals surface area contributed by atoms with Crippen molar-refractivity contribution < 1.29 is 28.2 Å². The predicted octanol–water partition coefficient (Wildman–Crippen LogP) is 1.37. The number of anilines is 1. The standard InChI is InChI=1S/C14H20N2O6S/c1-2-10-23(21,22)16(15-11-6-4-3-5-7-11)12(14(19)20)8-9-13(17)18/h3-7,12,15H,2,8-10H2,1H3,(H,17,18)(H,19,20)/t12-/m0/s1. The molecule has 0 amide bonds. The Bertz CT molecular complexity index is 632. The number of carbonyl (C=O) groups is 2. The van der Waals surface area contributed by atoms with Crippen molar-refractivity contribution in [2.24, 2.45) is 0 Å². The van der Waals surface area contributed by atoms with Crippen LogP contribution in [0.1, 0.15) is 26.2 Å². The summed E-state index contributed by atoms with van der Waals surface area (Å²) in [5, 5.41) is 18.1. The van der Waals surface area contributed by atoms with Crippen LogP contribution in [0.15, 0.2) is 30.3 Å². The lowest BCUT2D eigenvalue weighted by Crippen LogP contribution is -2.49. The molecule has 0 saturated carbocycles. The topological polar surface area (TPSA) is 124 Å². The summed E-state index contributed by atoms with van der Waals surface area (Å²) < 4.78 is 25.4. The molecule has 0 aliphatic carbocycles. The van der Waals surface area contributed by atoms with Gasteiger partial charge in [0.15, 0.2) is 0 Å². The summed E-state index contributed by atoms with van der Waals surface area (Å²) in [7, 11) is -3.91. The highest BCUT2D eigenvalue weighted by Gasteiger charge is 2.35. The second-order valence-corrected chi connectivity index (χ2v) is 6.84. The molecule has 8 nitrogen and oxygen atoms in total. The van der Waals surface area contributed by atoms with Gasteiger partial charge in [-0.3, -0.25) is 9.59 Å². The Kier molecular flexibility index (Phi) is 6.98. The van der Waals surface area contributed by atoms with E-state index < -0.39 is 34.4 Å². The van der Waals surface area contributed by atoms with E-state index in [9.17, 15) is 23.1 Å². The molecular formula is C14H20N2O6S. The van der Waals surface area contributed by atoms with E-state index in [4.69, 9.17) is 5.11 Å². The minimum Gasteiger partial charge on any atom is -0.481 e. The second-order valence-electron chi connectivity index (χ2n) is 4.88. The number of hydrazine groups is 1. The van der Waals surface area contributed by atoms with Gasteiger partial charge in [-0.2, -0.15) is 0 Å². The van der Waals surface area contributed by atoms with E-state index in [1.165, 1.54) is 0 Å². The SMILES string of the molecule is CCCS(=O)(=O)N(Nc1ccccc1)[C@@H](CCC(=O)O)C(=O)O. The van der Waals surface area contributed by atoms with Crippen molar-refractivity contribution in [3.63, 3.8) is 0 Å². The van der Waals surface area contributed by atoms with Crippen LogP contribution in [0.2, 0.25) is 0 Å². The second kappa shape index (κ2) is 8.49. The number of hydrogen-bond acceptors (Lipinski definition) is 5. The van der Waals surface area contributed by atoms with Crippen molar-refractivity contribution >= 4 is 27.6 Å². The molecule has 0 aromatic heterocycles. The van der Waals surface area contributed by atoms with Crippen LogP contribution in [-0.4, -0.2) is 46.8 Å². The van der Waals surface area contributed by atoms with E-state index in [1.807, 2.05) is 0 Å². The lowest BCUT2D eigenvalue weighted by Gasteiger charge is -2.29. The molecule has 0 spiro atoms. The van der Waals surface area contributed by atoms with Crippen molar-refractivity contribution in [1.29, 1.82) is 0 Å². The fourth-order valence-electron chi connectivity index (χ4n) is 1.94. The molecule has 23 heavy (non-hydrogen) atoms. The number of carboxylic acid groups (broad SMARTS) is 2. The Morgan fingerprint density at radius 3 is 2.30 bits per heavy atom. The number of carboxylic acids is 2. The zero-order valence-electron chi connectivity index (χ0n) is 12.7. The van der Waals surface area contributed by atoms with Crippen LogP contribution in [0.25, 0.3) is 0 Å². The Hall–Kier alpha value is -2.13. The maximum atomic E-state index is 12.4. The summed E-state index contributed by atoms with van der Waals surface area (Å²) in [6, 6.07) is 6.73. The van der Waals surface area contributed by atoms with Crippen molar-refractivity contribution in [3.8, 4) is 0 Å². The Morgan fingerprint density at radius 1 is 1.22 bits per heavy atom. The number of para-hydroxylation sites is 1. The molecule has 9 heteroatoms. The quantitative estimate of drug-likeness (QED) is 0.548. The number of aliphatic carboxylic acids is 2. The van der Waals surface area contributed by atoms with E-state index in [2.05, 4.69) is 5.43 Å². The van der Waals surface area contributed by atoms with Gasteiger partial charge in [-0.25, -0.2) is 8.42 Å². The van der Waals surface area contributed by atoms with Gasteiger partial charge >= 0.3 is 11.9 Å². The average molecular weight is 344 g/mol. The maximum absolute atomic E-state index is 12.4. The third-order valence-corrected chi connectivity index (χ3v) is 4.84. The average Bonchev–Trinajstić information content (AvgIpc) is 2.46. The number of rotatable bonds is 10. The van der Waals surface area contributed by atoms with Crippen LogP contribution >= 0.6 is 0 Å². The van der Waals surface area contributed by atoms with Gasteiger partial charge in [-0.1, -0.05) is 25.1 Å². The van der Waals surface area contributed by atoms with Crippen molar-refractivity contribution in [2.75, 3.05) is 11.2 Å². The number of nitrogens with zero attached hydrogens (tertiary/aromatic N) is 1. The molecule has 0 aliphatic rings. The first-order valence-corrected chi connectivity index (χ1v) is 8.67. The van der Waals surface area contributed by atoms with Crippen molar-refractivity contribution in [1.82, 2.24) is 4.41 Å². The molecule has 1 aromatic rings. The van der Waals surface area contributed by atoms with E-state index >= 15 is 0 Å². The third kappa shape index (κ3) is 5.87. The highest BCUT2D eigenvalue weighted by Crippen LogP contribution is 2.17. The molecule has 3 N–H and O–H groups in total. The van der Waals surface area contributed by atoms with Crippen LogP contribution in [0.3, 0.4) is 0 Å². The van der Waals surface area contributed by atoms with Crippen molar-refractivity contribution in [2.45, 2.75) is 32.2 Å². The van der Waals surface area contributed by atoms with E-state index in [-0.39, 0.29) is 12.2 Å². The van der Waals surface area contributed by atoms with Crippen molar-refractivity contribution in [3.05, 3.63) is 30.3 Å². The molecule has 0 unspecified atom stereocenters. The predicted molar refractivity (Wildman–Crippen MR) is 84.3 cm³/mol. The number of benzene rings is 1. The molecule has 0 radical (unpaired) electrons. The van der Waals surface area contributed by atoms with E-state index in [0.717, 1.165) is 0 Å². The molecule has 0 heterocycles. The molecule has 128 valence electrons. The monoisotopic (exact) mass is 344 g/mol. The van der Waals surface area contributed by atoms with Crippen LogP contribution in [0.4, 0.5) is 5.69 Å². The van der Waals surface area contributed by atoms with E-state index in [0.29, 0.717) is 16.5 Å². The van der Waals surface area contributed by atoms with Gasteiger partial charge in [0.1, 0.15) is 6.04 Å². The van der Waals surface area contributed by atoms with Gasteiger partial charge in [0.2, 0.25) is 10.0 Å². The zero-order chi connectivity index (χ0) is 17.5. The Morgan fingerprint density at radius 2 is 1.83 bits per heavy atom. The summed E-state index contributed by atoms with van der Waals surface area (Å²) in [4.78, 5) is 22.2. The van der Waals surface area contributed by atoms with Crippen LogP contribution < -0.4 is 5.43 Å². The zero-order valence-corrected chi connectivity index (χ0v) is 13.5.